The molecule has 1 unspecified atom stereocenters. The van der Waals surface area contributed by atoms with Crippen LogP contribution < -0.4 is 16.0 Å². The highest BCUT2D eigenvalue weighted by Gasteiger charge is 2.33. The topological polar surface area (TPSA) is 90.5 Å². The van der Waals surface area contributed by atoms with E-state index in [9.17, 15) is 9.59 Å². The zero-order valence-electron chi connectivity index (χ0n) is 11.5. The van der Waals surface area contributed by atoms with E-state index in [-0.39, 0.29) is 0 Å². The number of rotatable bonds is 9. The van der Waals surface area contributed by atoms with Crippen LogP contribution in [0.3, 0.4) is 0 Å². The summed E-state index contributed by atoms with van der Waals surface area (Å²) in [5.41, 5.74) is -1.19. The highest BCUT2D eigenvalue weighted by atomic mass is 16.4. The van der Waals surface area contributed by atoms with E-state index in [1.54, 1.807) is 0 Å². The average Bonchev–Trinajstić information content (AvgIpc) is 2.28. The van der Waals surface area contributed by atoms with Gasteiger partial charge in [0.15, 0.2) is 0 Å². The Bertz CT molecular complexity index is 271. The highest BCUT2D eigenvalue weighted by Crippen LogP contribution is 2.12. The number of nitrogens with one attached hydrogen (secondary N) is 3. The summed E-state index contributed by atoms with van der Waals surface area (Å²) >= 11 is 0. The van der Waals surface area contributed by atoms with Gasteiger partial charge in [0, 0.05) is 6.54 Å². The van der Waals surface area contributed by atoms with Crippen LogP contribution in [-0.4, -0.2) is 42.3 Å². The largest absolute Gasteiger partial charge is 0.480 e. The lowest BCUT2D eigenvalue weighted by Crippen LogP contribution is -2.55. The van der Waals surface area contributed by atoms with E-state index >= 15 is 0 Å². The standard InChI is InChI=1S/C12H25N3O3/c1-4-7-12(3,10(16)17)15-11(18)14-9-6-8-13-5-2/h13H,4-9H2,1-3H3,(H,16,17)(H2,14,15,18). The second-order valence-electron chi connectivity index (χ2n) is 4.48. The lowest BCUT2D eigenvalue weighted by molar-refractivity contribution is -0.144. The minimum absolute atomic E-state index is 0.410. The minimum atomic E-state index is -1.19. The molecule has 0 radical (unpaired) electrons. The Balaban J connectivity index is 4.00. The summed E-state index contributed by atoms with van der Waals surface area (Å²) in [7, 11) is 0. The SMILES string of the molecule is CCCC(C)(NC(=O)NCCCNCC)C(=O)O. The second-order valence-corrected chi connectivity index (χ2v) is 4.48. The zero-order valence-corrected chi connectivity index (χ0v) is 11.5. The molecule has 6 nitrogen and oxygen atoms in total. The summed E-state index contributed by atoms with van der Waals surface area (Å²) in [6.07, 6.45) is 1.93. The van der Waals surface area contributed by atoms with Gasteiger partial charge in [-0.3, -0.25) is 0 Å². The van der Waals surface area contributed by atoms with Gasteiger partial charge in [-0.1, -0.05) is 20.3 Å². The van der Waals surface area contributed by atoms with Crippen LogP contribution in [0, 0.1) is 0 Å². The molecule has 4 N–H and O–H groups in total. The number of carbonyl (C=O) groups excluding carboxylic acids is 1. The number of carbonyl (C=O) groups is 2. The molecule has 0 fully saturated rings. The molecule has 0 aromatic heterocycles. The van der Waals surface area contributed by atoms with E-state index in [2.05, 4.69) is 16.0 Å². The van der Waals surface area contributed by atoms with Crippen molar-refractivity contribution >= 4 is 12.0 Å². The summed E-state index contributed by atoms with van der Waals surface area (Å²) in [4.78, 5) is 22.7. The molecule has 0 rings (SSSR count). The van der Waals surface area contributed by atoms with Gasteiger partial charge in [-0.25, -0.2) is 9.59 Å². The molecule has 2 amide bonds. The quantitative estimate of drug-likeness (QED) is 0.464. The summed E-state index contributed by atoms with van der Waals surface area (Å²) in [6, 6.07) is -0.426. The molecule has 18 heavy (non-hydrogen) atoms. The molecule has 0 heterocycles. The van der Waals surface area contributed by atoms with Gasteiger partial charge in [-0.2, -0.15) is 0 Å². The smallest absolute Gasteiger partial charge is 0.329 e. The maximum Gasteiger partial charge on any atom is 0.329 e. The monoisotopic (exact) mass is 259 g/mol. The summed E-state index contributed by atoms with van der Waals surface area (Å²) in [6.45, 7) is 7.69. The van der Waals surface area contributed by atoms with Crippen molar-refractivity contribution in [2.45, 2.75) is 45.6 Å². The van der Waals surface area contributed by atoms with Crippen molar-refractivity contribution in [3.8, 4) is 0 Å². The molecule has 0 saturated heterocycles. The number of carboxylic acids is 1. The van der Waals surface area contributed by atoms with Crippen molar-refractivity contribution in [3.05, 3.63) is 0 Å². The first kappa shape index (κ1) is 16.7. The molecule has 1 atom stereocenters. The molecule has 0 aliphatic rings. The van der Waals surface area contributed by atoms with Gasteiger partial charge < -0.3 is 21.1 Å². The molecular weight excluding hydrogens is 234 g/mol. The Labute approximate surface area is 109 Å². The van der Waals surface area contributed by atoms with Crippen LogP contribution in [0.4, 0.5) is 4.79 Å². The molecule has 0 aliphatic carbocycles. The number of aliphatic carboxylic acids is 1. The lowest BCUT2D eigenvalue weighted by Gasteiger charge is -2.25. The lowest BCUT2D eigenvalue weighted by atomic mass is 9.97. The Morgan fingerprint density at radius 3 is 2.39 bits per heavy atom. The van der Waals surface area contributed by atoms with Gasteiger partial charge in [0.25, 0.3) is 0 Å². The number of urea groups is 1. The van der Waals surface area contributed by atoms with E-state index in [4.69, 9.17) is 5.11 Å². The molecule has 0 aromatic carbocycles. The van der Waals surface area contributed by atoms with Crippen LogP contribution in [0.15, 0.2) is 0 Å². The second kappa shape index (κ2) is 8.74. The van der Waals surface area contributed by atoms with Crippen LogP contribution in [0.1, 0.15) is 40.0 Å². The Morgan fingerprint density at radius 1 is 1.22 bits per heavy atom. The van der Waals surface area contributed by atoms with Crippen molar-refractivity contribution in [2.75, 3.05) is 19.6 Å². The Kier molecular flexibility index (Phi) is 8.11. The fraction of sp³-hybridized carbons (Fsp3) is 0.833. The third-order valence-electron chi connectivity index (χ3n) is 2.68. The Morgan fingerprint density at radius 2 is 1.89 bits per heavy atom. The minimum Gasteiger partial charge on any atom is -0.480 e. The molecular formula is C12H25N3O3. The van der Waals surface area contributed by atoms with Gasteiger partial charge in [0.2, 0.25) is 0 Å². The summed E-state index contributed by atoms with van der Waals surface area (Å²) < 4.78 is 0. The molecule has 0 aromatic rings. The predicted octanol–water partition coefficient (Wildman–Crippen LogP) is 0.929. The van der Waals surface area contributed by atoms with E-state index in [1.165, 1.54) is 6.92 Å². The third kappa shape index (κ3) is 6.44. The van der Waals surface area contributed by atoms with Crippen molar-refractivity contribution in [2.24, 2.45) is 0 Å². The highest BCUT2D eigenvalue weighted by molar-refractivity contribution is 5.85. The first-order valence-corrected chi connectivity index (χ1v) is 6.46. The van der Waals surface area contributed by atoms with Crippen LogP contribution in [0.25, 0.3) is 0 Å². The average molecular weight is 259 g/mol. The van der Waals surface area contributed by atoms with Gasteiger partial charge in [0.1, 0.15) is 5.54 Å². The number of hydrogen-bond acceptors (Lipinski definition) is 3. The van der Waals surface area contributed by atoms with E-state index in [0.717, 1.165) is 19.5 Å². The van der Waals surface area contributed by atoms with E-state index < -0.39 is 17.5 Å². The number of amides is 2. The Hall–Kier alpha value is -1.30. The number of carboxylic acid groups (broad SMARTS) is 1. The zero-order chi connectivity index (χ0) is 14.0. The first-order valence-electron chi connectivity index (χ1n) is 6.46. The normalized spacial score (nSPS) is 13.7. The fourth-order valence-corrected chi connectivity index (χ4v) is 1.61. The van der Waals surface area contributed by atoms with Crippen LogP contribution in [0.2, 0.25) is 0 Å². The summed E-state index contributed by atoms with van der Waals surface area (Å²) in [5, 5.41) is 17.4. The van der Waals surface area contributed by atoms with Crippen molar-refractivity contribution in [1.82, 2.24) is 16.0 Å². The van der Waals surface area contributed by atoms with E-state index in [1.807, 2.05) is 13.8 Å². The molecule has 0 aliphatic heterocycles. The molecule has 106 valence electrons. The summed E-state index contributed by atoms with van der Waals surface area (Å²) in [5.74, 6) is -1.01. The first-order chi connectivity index (χ1) is 8.46. The third-order valence-corrected chi connectivity index (χ3v) is 2.68. The number of hydrogen-bond donors (Lipinski definition) is 4. The van der Waals surface area contributed by atoms with E-state index in [0.29, 0.717) is 19.4 Å². The van der Waals surface area contributed by atoms with Gasteiger partial charge in [-0.15, -0.1) is 0 Å². The molecule has 0 saturated carbocycles. The van der Waals surface area contributed by atoms with Gasteiger partial charge in [0.05, 0.1) is 0 Å². The maximum atomic E-state index is 11.6. The van der Waals surface area contributed by atoms with Crippen LogP contribution in [0.5, 0.6) is 0 Å². The molecule has 0 bridgehead atoms. The van der Waals surface area contributed by atoms with Gasteiger partial charge >= 0.3 is 12.0 Å². The van der Waals surface area contributed by atoms with Crippen molar-refractivity contribution < 1.29 is 14.7 Å². The van der Waals surface area contributed by atoms with Crippen molar-refractivity contribution in [1.29, 1.82) is 0 Å². The van der Waals surface area contributed by atoms with Crippen LogP contribution in [-0.2, 0) is 4.79 Å². The van der Waals surface area contributed by atoms with Crippen LogP contribution >= 0.6 is 0 Å². The predicted molar refractivity (Wildman–Crippen MR) is 70.6 cm³/mol. The molecule has 0 spiro atoms. The van der Waals surface area contributed by atoms with Gasteiger partial charge in [-0.05, 0) is 32.9 Å². The van der Waals surface area contributed by atoms with Crippen molar-refractivity contribution in [3.63, 3.8) is 0 Å². The maximum absolute atomic E-state index is 11.6. The fourth-order valence-electron chi connectivity index (χ4n) is 1.61. The molecule has 6 heteroatoms.